The first kappa shape index (κ1) is 14.6. The van der Waals surface area contributed by atoms with Crippen LogP contribution in [0.3, 0.4) is 0 Å². The summed E-state index contributed by atoms with van der Waals surface area (Å²) in [5, 5.41) is 13.4. The van der Waals surface area contributed by atoms with E-state index >= 15 is 0 Å². The fraction of sp³-hybridized carbons (Fsp3) is 0.143. The minimum absolute atomic E-state index is 0.105. The van der Waals surface area contributed by atoms with E-state index in [9.17, 15) is 19.3 Å². The zero-order chi connectivity index (χ0) is 15.6. The zero-order valence-electron chi connectivity index (χ0n) is 11.4. The molecule has 6 nitrogen and oxygen atoms in total. The number of benzene rings is 1. The van der Waals surface area contributed by atoms with Crippen LogP contribution in [0.1, 0.15) is 21.5 Å². The lowest BCUT2D eigenvalue weighted by Crippen LogP contribution is -2.15. The first-order chi connectivity index (χ1) is 9.90. The van der Waals surface area contributed by atoms with E-state index < -0.39 is 16.6 Å². The number of aromatic nitrogens is 1. The summed E-state index contributed by atoms with van der Waals surface area (Å²) < 4.78 is 13.5. The molecule has 0 saturated carbocycles. The van der Waals surface area contributed by atoms with Gasteiger partial charge >= 0.3 is 0 Å². The molecule has 2 aromatic rings. The molecule has 0 atom stereocenters. The quantitative estimate of drug-likeness (QED) is 0.695. The largest absolute Gasteiger partial charge is 0.321 e. The topological polar surface area (TPSA) is 85.1 Å². The molecule has 0 radical (unpaired) electrons. The molecule has 1 aromatic carbocycles. The number of hydrogen-bond donors (Lipinski definition) is 1. The highest BCUT2D eigenvalue weighted by atomic mass is 19.1. The lowest BCUT2D eigenvalue weighted by molar-refractivity contribution is -0.385. The second kappa shape index (κ2) is 5.66. The molecule has 0 saturated heterocycles. The number of nitro benzene ring substituents is 1. The Labute approximate surface area is 119 Å². The average molecular weight is 289 g/mol. The van der Waals surface area contributed by atoms with E-state index in [2.05, 4.69) is 10.3 Å². The van der Waals surface area contributed by atoms with Gasteiger partial charge in [0.1, 0.15) is 0 Å². The summed E-state index contributed by atoms with van der Waals surface area (Å²) in [6.07, 6.45) is 2.22. The van der Waals surface area contributed by atoms with Crippen LogP contribution < -0.4 is 5.32 Å². The highest BCUT2D eigenvalue weighted by Gasteiger charge is 2.17. The van der Waals surface area contributed by atoms with E-state index in [-0.39, 0.29) is 16.9 Å². The average Bonchev–Trinajstić information content (AvgIpc) is 2.41. The van der Waals surface area contributed by atoms with Crippen molar-refractivity contribution in [3.63, 3.8) is 0 Å². The number of pyridine rings is 1. The highest BCUT2D eigenvalue weighted by molar-refractivity contribution is 6.04. The minimum atomic E-state index is -0.755. The van der Waals surface area contributed by atoms with E-state index in [1.807, 2.05) is 0 Å². The molecular weight excluding hydrogens is 277 g/mol. The molecule has 21 heavy (non-hydrogen) atoms. The van der Waals surface area contributed by atoms with Crippen molar-refractivity contribution >= 4 is 17.3 Å². The smallest absolute Gasteiger partial charge is 0.274 e. The van der Waals surface area contributed by atoms with Gasteiger partial charge in [-0.3, -0.25) is 19.9 Å². The van der Waals surface area contributed by atoms with Crippen molar-refractivity contribution in [2.45, 2.75) is 13.8 Å². The van der Waals surface area contributed by atoms with Crippen LogP contribution in [0.25, 0.3) is 0 Å². The minimum Gasteiger partial charge on any atom is -0.321 e. The molecule has 0 bridgehead atoms. The van der Waals surface area contributed by atoms with E-state index in [1.54, 1.807) is 19.9 Å². The highest BCUT2D eigenvalue weighted by Crippen LogP contribution is 2.26. The number of nitrogens with zero attached hydrogens (tertiary/aromatic N) is 2. The van der Waals surface area contributed by atoms with Crippen molar-refractivity contribution in [3.05, 3.63) is 63.2 Å². The van der Waals surface area contributed by atoms with Gasteiger partial charge in [0.15, 0.2) is 5.82 Å². The zero-order valence-corrected chi connectivity index (χ0v) is 11.4. The number of aryl methyl sites for hydroxylation is 2. The third-order valence-corrected chi connectivity index (χ3v) is 3.00. The molecule has 0 fully saturated rings. The molecule has 7 heteroatoms. The van der Waals surface area contributed by atoms with E-state index in [1.165, 1.54) is 18.3 Å². The van der Waals surface area contributed by atoms with Crippen molar-refractivity contribution < 1.29 is 14.1 Å². The standard InChI is InChI=1S/C14H12FN3O3/c1-8-5-9(2)13(18(20)21)6-12(8)17-14(19)10-3-4-16-7-11(10)15/h3-7H,1-2H3,(H,17,19). The van der Waals surface area contributed by atoms with Gasteiger partial charge in [-0.25, -0.2) is 4.39 Å². The second-order valence-corrected chi connectivity index (χ2v) is 4.52. The fourth-order valence-corrected chi connectivity index (χ4v) is 1.92. The summed E-state index contributed by atoms with van der Waals surface area (Å²) in [5.74, 6) is -1.44. The van der Waals surface area contributed by atoms with E-state index in [0.29, 0.717) is 11.1 Å². The molecule has 1 heterocycles. The Kier molecular flexibility index (Phi) is 3.93. The van der Waals surface area contributed by atoms with Crippen molar-refractivity contribution in [2.75, 3.05) is 5.32 Å². The Hall–Kier alpha value is -2.83. The first-order valence-corrected chi connectivity index (χ1v) is 6.06. The monoisotopic (exact) mass is 289 g/mol. The summed E-state index contributed by atoms with van der Waals surface area (Å²) in [6, 6.07) is 4.10. The van der Waals surface area contributed by atoms with Crippen LogP contribution in [-0.4, -0.2) is 15.8 Å². The summed E-state index contributed by atoms with van der Waals surface area (Å²) in [6.45, 7) is 3.31. The van der Waals surface area contributed by atoms with Crippen molar-refractivity contribution in [1.29, 1.82) is 0 Å². The third-order valence-electron chi connectivity index (χ3n) is 3.00. The number of anilines is 1. The first-order valence-electron chi connectivity index (χ1n) is 6.06. The number of hydrogen-bond acceptors (Lipinski definition) is 4. The fourth-order valence-electron chi connectivity index (χ4n) is 1.92. The van der Waals surface area contributed by atoms with Crippen LogP contribution in [0.2, 0.25) is 0 Å². The number of carbonyl (C=O) groups is 1. The van der Waals surface area contributed by atoms with Crippen molar-refractivity contribution in [1.82, 2.24) is 4.98 Å². The number of rotatable bonds is 3. The van der Waals surface area contributed by atoms with Crippen LogP contribution in [0.4, 0.5) is 15.8 Å². The lowest BCUT2D eigenvalue weighted by atomic mass is 10.1. The number of halogens is 1. The van der Waals surface area contributed by atoms with Gasteiger partial charge < -0.3 is 5.32 Å². The van der Waals surface area contributed by atoms with Crippen LogP contribution in [0.5, 0.6) is 0 Å². The number of carbonyl (C=O) groups excluding carboxylic acids is 1. The van der Waals surface area contributed by atoms with Gasteiger partial charge in [0.05, 0.1) is 22.4 Å². The van der Waals surface area contributed by atoms with Gasteiger partial charge in [-0.2, -0.15) is 0 Å². The Bertz CT molecular complexity index is 731. The molecule has 0 aliphatic heterocycles. The maximum atomic E-state index is 13.5. The lowest BCUT2D eigenvalue weighted by Gasteiger charge is -2.10. The molecule has 2 rings (SSSR count). The van der Waals surface area contributed by atoms with Crippen molar-refractivity contribution in [2.24, 2.45) is 0 Å². The Balaban J connectivity index is 2.36. The summed E-state index contributed by atoms with van der Waals surface area (Å²) in [5.41, 5.74) is 1.14. The Morgan fingerprint density at radius 2 is 2.05 bits per heavy atom. The van der Waals surface area contributed by atoms with E-state index in [4.69, 9.17) is 0 Å². The molecule has 1 aromatic heterocycles. The van der Waals surface area contributed by atoms with Gasteiger partial charge in [0, 0.05) is 17.8 Å². The molecule has 0 unspecified atom stereocenters. The normalized spacial score (nSPS) is 10.2. The summed E-state index contributed by atoms with van der Waals surface area (Å²) >= 11 is 0. The van der Waals surface area contributed by atoms with Crippen LogP contribution >= 0.6 is 0 Å². The predicted octanol–water partition coefficient (Wildman–Crippen LogP) is 3.00. The summed E-state index contributed by atoms with van der Waals surface area (Å²) in [7, 11) is 0. The van der Waals surface area contributed by atoms with Crippen LogP contribution in [-0.2, 0) is 0 Å². The number of nitrogens with one attached hydrogen (secondary N) is 1. The number of nitro groups is 1. The van der Waals surface area contributed by atoms with Crippen molar-refractivity contribution in [3.8, 4) is 0 Å². The molecule has 1 N–H and O–H groups in total. The second-order valence-electron chi connectivity index (χ2n) is 4.52. The molecule has 0 aliphatic carbocycles. The third kappa shape index (κ3) is 3.02. The van der Waals surface area contributed by atoms with Gasteiger partial charge in [0.2, 0.25) is 0 Å². The van der Waals surface area contributed by atoms with Crippen LogP contribution in [0.15, 0.2) is 30.6 Å². The SMILES string of the molecule is Cc1cc(C)c([N+](=O)[O-])cc1NC(=O)c1ccncc1F. The Morgan fingerprint density at radius 3 is 2.67 bits per heavy atom. The molecular formula is C14H12FN3O3. The molecule has 0 spiro atoms. The van der Waals surface area contributed by atoms with Gasteiger partial charge in [-0.1, -0.05) is 0 Å². The van der Waals surface area contributed by atoms with Gasteiger partial charge in [0.25, 0.3) is 11.6 Å². The van der Waals surface area contributed by atoms with Gasteiger partial charge in [-0.15, -0.1) is 0 Å². The summed E-state index contributed by atoms with van der Waals surface area (Å²) in [4.78, 5) is 26.0. The maximum Gasteiger partial charge on any atom is 0.274 e. The Morgan fingerprint density at radius 1 is 1.33 bits per heavy atom. The van der Waals surface area contributed by atoms with Crippen LogP contribution in [0, 0.1) is 29.8 Å². The molecule has 0 aliphatic rings. The molecule has 1 amide bonds. The van der Waals surface area contributed by atoms with E-state index in [0.717, 1.165) is 6.20 Å². The molecule has 108 valence electrons. The maximum absolute atomic E-state index is 13.5. The van der Waals surface area contributed by atoms with Gasteiger partial charge in [-0.05, 0) is 31.5 Å². The number of amides is 1. The predicted molar refractivity (Wildman–Crippen MR) is 74.7 cm³/mol.